The van der Waals surface area contributed by atoms with Gasteiger partial charge >= 0.3 is 5.97 Å². The number of carboxylic acids is 1. The second-order valence-corrected chi connectivity index (χ2v) is 5.85. The van der Waals surface area contributed by atoms with E-state index < -0.39 is 17.0 Å². The van der Waals surface area contributed by atoms with E-state index in [9.17, 15) is 14.7 Å². The minimum absolute atomic E-state index is 0.368. The van der Waals surface area contributed by atoms with Gasteiger partial charge in [0, 0.05) is 7.11 Å². The van der Waals surface area contributed by atoms with Crippen molar-refractivity contribution < 1.29 is 19.4 Å². The van der Waals surface area contributed by atoms with E-state index in [1.54, 1.807) is 7.11 Å². The summed E-state index contributed by atoms with van der Waals surface area (Å²) in [6.07, 6.45) is 3.86. The Bertz CT molecular complexity index is 419. The molecule has 4 nitrogen and oxygen atoms in total. The Kier molecular flexibility index (Phi) is 2.08. The number of carbonyl (C=O) groups excluding carboxylic acids is 1. The standard InChI is InChI=1S/C13H16O4/c1-17-13-5-8-2-9(6-13)4-12(3-8,11(15)16)10(13)7-14/h8-9H,2-6H2,1H3,(H,15,16). The zero-order valence-electron chi connectivity index (χ0n) is 9.86. The van der Waals surface area contributed by atoms with E-state index in [0.717, 1.165) is 19.3 Å². The molecule has 4 fully saturated rings. The third kappa shape index (κ3) is 1.17. The van der Waals surface area contributed by atoms with Crippen LogP contribution in [0.5, 0.6) is 0 Å². The van der Waals surface area contributed by atoms with E-state index in [1.807, 2.05) is 5.94 Å². The molecule has 4 rings (SSSR count). The zero-order valence-corrected chi connectivity index (χ0v) is 9.86. The second kappa shape index (κ2) is 3.21. The summed E-state index contributed by atoms with van der Waals surface area (Å²) in [7, 11) is 1.58. The van der Waals surface area contributed by atoms with Crippen LogP contribution in [0.3, 0.4) is 0 Å². The van der Waals surface area contributed by atoms with Crippen LogP contribution < -0.4 is 0 Å². The zero-order chi connectivity index (χ0) is 12.3. The van der Waals surface area contributed by atoms with Gasteiger partial charge in [-0.3, -0.25) is 4.79 Å². The molecule has 0 aromatic rings. The molecule has 17 heavy (non-hydrogen) atoms. The quantitative estimate of drug-likeness (QED) is 0.736. The molecule has 4 heteroatoms. The summed E-state index contributed by atoms with van der Waals surface area (Å²) in [6, 6.07) is 0. The number of aliphatic carboxylic acids is 1. The van der Waals surface area contributed by atoms with Crippen molar-refractivity contribution in [2.45, 2.75) is 37.7 Å². The summed E-state index contributed by atoms with van der Waals surface area (Å²) >= 11 is 0. The van der Waals surface area contributed by atoms with E-state index in [4.69, 9.17) is 4.74 Å². The highest BCUT2D eigenvalue weighted by Gasteiger charge is 2.65. The number of carbonyl (C=O) groups is 1. The van der Waals surface area contributed by atoms with Crippen molar-refractivity contribution in [2.24, 2.45) is 17.3 Å². The summed E-state index contributed by atoms with van der Waals surface area (Å²) in [4.78, 5) is 22.9. The number of carboxylic acid groups (broad SMARTS) is 1. The largest absolute Gasteiger partial charge is 0.481 e. The summed E-state index contributed by atoms with van der Waals surface area (Å²) in [6.45, 7) is 0. The van der Waals surface area contributed by atoms with E-state index in [-0.39, 0.29) is 0 Å². The third-order valence-corrected chi connectivity index (χ3v) is 5.01. The topological polar surface area (TPSA) is 63.6 Å². The van der Waals surface area contributed by atoms with Crippen LogP contribution in [0.1, 0.15) is 32.1 Å². The van der Waals surface area contributed by atoms with Gasteiger partial charge in [-0.25, -0.2) is 4.79 Å². The number of hydrogen-bond donors (Lipinski definition) is 1. The molecule has 2 unspecified atom stereocenters. The fourth-order valence-corrected chi connectivity index (χ4v) is 4.62. The molecule has 4 saturated carbocycles. The number of rotatable bonds is 2. The van der Waals surface area contributed by atoms with Gasteiger partial charge in [-0.05, 0) is 43.9 Å². The summed E-state index contributed by atoms with van der Waals surface area (Å²) in [5, 5.41) is 9.53. The highest BCUT2D eigenvalue weighted by atomic mass is 16.5. The van der Waals surface area contributed by atoms with Gasteiger partial charge in [0.2, 0.25) is 0 Å². The Morgan fingerprint density at radius 2 is 1.94 bits per heavy atom. The van der Waals surface area contributed by atoms with Gasteiger partial charge in [0.25, 0.3) is 0 Å². The van der Waals surface area contributed by atoms with Crippen molar-refractivity contribution in [1.29, 1.82) is 0 Å². The molecule has 0 spiro atoms. The molecule has 0 amide bonds. The van der Waals surface area contributed by atoms with E-state index in [2.05, 4.69) is 0 Å². The van der Waals surface area contributed by atoms with Gasteiger partial charge in [0.1, 0.15) is 17.0 Å². The van der Waals surface area contributed by atoms with Crippen LogP contribution in [0.4, 0.5) is 0 Å². The van der Waals surface area contributed by atoms with Crippen LogP contribution in [0.25, 0.3) is 0 Å². The lowest BCUT2D eigenvalue weighted by atomic mass is 9.46. The average molecular weight is 236 g/mol. The Morgan fingerprint density at radius 1 is 1.35 bits per heavy atom. The molecule has 0 aromatic heterocycles. The first-order valence-electron chi connectivity index (χ1n) is 6.11. The molecule has 1 N–H and O–H groups in total. The van der Waals surface area contributed by atoms with Crippen LogP contribution in [0, 0.1) is 17.3 Å². The van der Waals surface area contributed by atoms with Crippen molar-refractivity contribution in [3.8, 4) is 0 Å². The highest BCUT2D eigenvalue weighted by molar-refractivity contribution is 5.85. The first-order valence-corrected chi connectivity index (χ1v) is 6.11. The second-order valence-electron chi connectivity index (χ2n) is 5.85. The van der Waals surface area contributed by atoms with Gasteiger partial charge in [0.05, 0.1) is 5.57 Å². The maximum absolute atomic E-state index is 11.6. The highest BCUT2D eigenvalue weighted by Crippen LogP contribution is 2.64. The normalized spacial score (nSPS) is 47.0. The van der Waals surface area contributed by atoms with Gasteiger partial charge in [0.15, 0.2) is 0 Å². The molecule has 4 aliphatic carbocycles. The van der Waals surface area contributed by atoms with Crippen molar-refractivity contribution in [2.75, 3.05) is 7.11 Å². The van der Waals surface area contributed by atoms with Crippen LogP contribution in [0.15, 0.2) is 5.57 Å². The molecule has 2 atom stereocenters. The lowest BCUT2D eigenvalue weighted by Crippen LogP contribution is -2.61. The van der Waals surface area contributed by atoms with Crippen molar-refractivity contribution in [3.05, 3.63) is 5.57 Å². The van der Waals surface area contributed by atoms with Gasteiger partial charge < -0.3 is 9.84 Å². The Balaban J connectivity index is 2.18. The Hall–Kier alpha value is -1.12. The molecular weight excluding hydrogens is 220 g/mol. The summed E-state index contributed by atoms with van der Waals surface area (Å²) < 4.78 is 5.57. The van der Waals surface area contributed by atoms with Gasteiger partial charge in [-0.1, -0.05) is 0 Å². The molecule has 4 bridgehead atoms. The number of methoxy groups -OCH3 is 1. The van der Waals surface area contributed by atoms with Crippen molar-refractivity contribution in [1.82, 2.24) is 0 Å². The van der Waals surface area contributed by atoms with Crippen LogP contribution in [-0.4, -0.2) is 29.7 Å². The first-order chi connectivity index (χ1) is 8.06. The summed E-state index contributed by atoms with van der Waals surface area (Å²) in [5.41, 5.74) is -1.25. The maximum Gasteiger partial charge on any atom is 0.314 e. The van der Waals surface area contributed by atoms with Gasteiger partial charge in [-0.2, -0.15) is 0 Å². The molecule has 0 radical (unpaired) electrons. The maximum atomic E-state index is 11.6. The van der Waals surface area contributed by atoms with E-state index in [1.165, 1.54) is 0 Å². The van der Waals surface area contributed by atoms with Crippen LogP contribution in [-0.2, 0) is 14.3 Å². The molecular formula is C13H16O4. The first kappa shape index (κ1) is 11.0. The summed E-state index contributed by atoms with van der Waals surface area (Å²) in [5.74, 6) is 1.82. The third-order valence-electron chi connectivity index (χ3n) is 5.01. The smallest absolute Gasteiger partial charge is 0.314 e. The minimum atomic E-state index is -0.984. The average Bonchev–Trinajstić information content (AvgIpc) is 2.27. The Labute approximate surface area is 99.6 Å². The predicted octanol–water partition coefficient (Wildman–Crippen LogP) is 1.42. The van der Waals surface area contributed by atoms with E-state index in [0.29, 0.717) is 30.3 Å². The fraction of sp³-hybridized carbons (Fsp3) is 0.769. The fourth-order valence-electron chi connectivity index (χ4n) is 4.62. The number of hydrogen-bond acceptors (Lipinski definition) is 3. The lowest BCUT2D eigenvalue weighted by Gasteiger charge is -2.59. The number of ether oxygens (including phenoxy) is 1. The SMILES string of the molecule is COC12CC3CC(C1)CC(C(=O)O)(C3)C2=C=O. The van der Waals surface area contributed by atoms with E-state index >= 15 is 0 Å². The monoisotopic (exact) mass is 236 g/mol. The lowest BCUT2D eigenvalue weighted by molar-refractivity contribution is -0.171. The van der Waals surface area contributed by atoms with Crippen molar-refractivity contribution in [3.63, 3.8) is 0 Å². The molecule has 0 aliphatic heterocycles. The predicted molar refractivity (Wildman–Crippen MR) is 59.1 cm³/mol. The molecule has 4 aliphatic rings. The molecule has 0 aromatic carbocycles. The molecule has 92 valence electrons. The van der Waals surface area contributed by atoms with Gasteiger partial charge in [-0.15, -0.1) is 0 Å². The Morgan fingerprint density at radius 3 is 2.35 bits per heavy atom. The molecule has 0 saturated heterocycles. The van der Waals surface area contributed by atoms with Crippen LogP contribution in [0.2, 0.25) is 0 Å². The van der Waals surface area contributed by atoms with Crippen LogP contribution >= 0.6 is 0 Å². The van der Waals surface area contributed by atoms with Crippen molar-refractivity contribution >= 4 is 11.9 Å². The minimum Gasteiger partial charge on any atom is -0.481 e. The molecule has 0 heterocycles.